The van der Waals surface area contributed by atoms with Gasteiger partial charge in [0.15, 0.2) is 0 Å². The number of carbonyl (C=O) groups is 2. The highest BCUT2D eigenvalue weighted by Gasteiger charge is 2.14. The molecule has 0 atom stereocenters. The van der Waals surface area contributed by atoms with Crippen LogP contribution in [0.3, 0.4) is 0 Å². The summed E-state index contributed by atoms with van der Waals surface area (Å²) in [4.78, 5) is 27.1. The Labute approximate surface area is 125 Å². The van der Waals surface area contributed by atoms with E-state index in [4.69, 9.17) is 0 Å². The lowest BCUT2D eigenvalue weighted by Gasteiger charge is -2.11. The number of aryl methyl sites for hydroxylation is 1. The van der Waals surface area contributed by atoms with Crippen molar-refractivity contribution < 1.29 is 14.7 Å². The minimum atomic E-state index is -1.06. The van der Waals surface area contributed by atoms with Gasteiger partial charge in [-0.05, 0) is 18.6 Å². The van der Waals surface area contributed by atoms with E-state index in [0.717, 1.165) is 5.01 Å². The number of aromatic carboxylic acids is 1. The van der Waals surface area contributed by atoms with Gasteiger partial charge in [0.05, 0.1) is 16.3 Å². The van der Waals surface area contributed by atoms with Crippen molar-refractivity contribution in [2.75, 3.05) is 11.9 Å². The van der Waals surface area contributed by atoms with Crippen LogP contribution in [0.4, 0.5) is 10.5 Å². The van der Waals surface area contributed by atoms with Crippen LogP contribution in [0.5, 0.6) is 0 Å². The van der Waals surface area contributed by atoms with Gasteiger partial charge in [-0.1, -0.05) is 12.1 Å². The number of hydrogen-bond donors (Lipinski definition) is 3. The molecule has 0 saturated heterocycles. The standard InChI is InChI=1S/C14H15N3O3S/c1-9-3-2-4-10(12(9)13(18)19)17-14(20)16-6-5-11-15-7-8-21-11/h2-4,7-8H,5-6H2,1H3,(H,18,19)(H2,16,17,20). The first-order chi connectivity index (χ1) is 10.1. The molecule has 0 radical (unpaired) electrons. The predicted molar refractivity (Wildman–Crippen MR) is 81.0 cm³/mol. The molecular weight excluding hydrogens is 290 g/mol. The average molecular weight is 305 g/mol. The smallest absolute Gasteiger partial charge is 0.338 e. The van der Waals surface area contributed by atoms with Crippen molar-refractivity contribution in [2.45, 2.75) is 13.3 Å². The van der Waals surface area contributed by atoms with Crippen molar-refractivity contribution in [1.29, 1.82) is 0 Å². The van der Waals surface area contributed by atoms with Crippen LogP contribution in [-0.2, 0) is 6.42 Å². The molecule has 0 saturated carbocycles. The summed E-state index contributed by atoms with van der Waals surface area (Å²) in [6, 6.07) is 4.53. The van der Waals surface area contributed by atoms with Gasteiger partial charge in [-0.3, -0.25) is 0 Å². The van der Waals surface area contributed by atoms with Gasteiger partial charge in [-0.25, -0.2) is 14.6 Å². The number of carboxylic acids is 1. The van der Waals surface area contributed by atoms with Gasteiger partial charge in [-0.15, -0.1) is 11.3 Å². The molecule has 3 N–H and O–H groups in total. The molecule has 1 heterocycles. The second kappa shape index (κ2) is 6.85. The Morgan fingerprint density at radius 2 is 2.19 bits per heavy atom. The second-order valence-electron chi connectivity index (χ2n) is 4.36. The molecule has 7 heteroatoms. The van der Waals surface area contributed by atoms with E-state index in [-0.39, 0.29) is 11.3 Å². The van der Waals surface area contributed by atoms with Crippen LogP contribution < -0.4 is 10.6 Å². The quantitative estimate of drug-likeness (QED) is 0.791. The van der Waals surface area contributed by atoms with Crippen LogP contribution >= 0.6 is 11.3 Å². The van der Waals surface area contributed by atoms with Gasteiger partial charge in [0.2, 0.25) is 0 Å². The van der Waals surface area contributed by atoms with Crippen LogP contribution in [0.15, 0.2) is 29.8 Å². The van der Waals surface area contributed by atoms with Gasteiger partial charge in [0.1, 0.15) is 0 Å². The summed E-state index contributed by atoms with van der Waals surface area (Å²) in [5.74, 6) is -1.06. The van der Waals surface area contributed by atoms with Crippen molar-refractivity contribution in [3.8, 4) is 0 Å². The number of anilines is 1. The van der Waals surface area contributed by atoms with E-state index in [1.807, 2.05) is 5.38 Å². The Morgan fingerprint density at radius 1 is 1.38 bits per heavy atom. The third-order valence-electron chi connectivity index (χ3n) is 2.84. The molecule has 21 heavy (non-hydrogen) atoms. The first kappa shape index (κ1) is 15.0. The molecule has 6 nitrogen and oxygen atoms in total. The number of benzene rings is 1. The fourth-order valence-electron chi connectivity index (χ4n) is 1.88. The number of hydrogen-bond acceptors (Lipinski definition) is 4. The van der Waals surface area contributed by atoms with E-state index in [2.05, 4.69) is 15.6 Å². The van der Waals surface area contributed by atoms with Crippen LogP contribution in [0.2, 0.25) is 0 Å². The average Bonchev–Trinajstić information content (AvgIpc) is 2.91. The molecule has 0 unspecified atom stereocenters. The zero-order chi connectivity index (χ0) is 15.2. The highest BCUT2D eigenvalue weighted by Crippen LogP contribution is 2.19. The van der Waals surface area contributed by atoms with Crippen LogP contribution in [0.25, 0.3) is 0 Å². The van der Waals surface area contributed by atoms with Gasteiger partial charge < -0.3 is 15.7 Å². The van der Waals surface area contributed by atoms with Crippen LogP contribution in [0.1, 0.15) is 20.9 Å². The van der Waals surface area contributed by atoms with Gasteiger partial charge >= 0.3 is 12.0 Å². The lowest BCUT2D eigenvalue weighted by molar-refractivity contribution is 0.0697. The molecule has 2 amide bonds. The zero-order valence-corrected chi connectivity index (χ0v) is 12.2. The fraction of sp³-hybridized carbons (Fsp3) is 0.214. The topological polar surface area (TPSA) is 91.3 Å². The first-order valence-electron chi connectivity index (χ1n) is 6.34. The molecule has 0 aliphatic heterocycles. The highest BCUT2D eigenvalue weighted by molar-refractivity contribution is 7.09. The number of nitrogens with zero attached hydrogens (tertiary/aromatic N) is 1. The number of aromatic nitrogens is 1. The molecule has 2 rings (SSSR count). The Balaban J connectivity index is 1.93. The first-order valence-corrected chi connectivity index (χ1v) is 7.22. The maximum absolute atomic E-state index is 11.8. The van der Waals surface area contributed by atoms with E-state index >= 15 is 0 Å². The van der Waals surface area contributed by atoms with Crippen molar-refractivity contribution in [2.24, 2.45) is 0 Å². The summed E-state index contributed by atoms with van der Waals surface area (Å²) in [7, 11) is 0. The van der Waals surface area contributed by atoms with Crippen molar-refractivity contribution in [1.82, 2.24) is 10.3 Å². The van der Waals surface area contributed by atoms with Crippen molar-refractivity contribution in [3.05, 3.63) is 45.9 Å². The number of amides is 2. The highest BCUT2D eigenvalue weighted by atomic mass is 32.1. The summed E-state index contributed by atoms with van der Waals surface area (Å²) in [5.41, 5.74) is 0.991. The summed E-state index contributed by atoms with van der Waals surface area (Å²) >= 11 is 1.53. The van der Waals surface area contributed by atoms with E-state index in [9.17, 15) is 14.7 Å². The Kier molecular flexibility index (Phi) is 4.89. The number of carbonyl (C=O) groups excluding carboxylic acids is 1. The summed E-state index contributed by atoms with van der Waals surface area (Å²) in [6.07, 6.45) is 2.36. The molecule has 0 fully saturated rings. The number of nitrogens with one attached hydrogen (secondary N) is 2. The summed E-state index contributed by atoms with van der Waals surface area (Å²) in [5, 5.41) is 17.2. The van der Waals surface area contributed by atoms with Crippen molar-refractivity contribution >= 4 is 29.0 Å². The lowest BCUT2D eigenvalue weighted by Crippen LogP contribution is -2.31. The van der Waals surface area contributed by atoms with E-state index in [1.54, 1.807) is 31.3 Å². The predicted octanol–water partition coefficient (Wildman–Crippen LogP) is 2.51. The second-order valence-corrected chi connectivity index (χ2v) is 5.34. The van der Waals surface area contributed by atoms with Crippen LogP contribution in [-0.4, -0.2) is 28.6 Å². The molecule has 1 aromatic heterocycles. The van der Waals surface area contributed by atoms with E-state index < -0.39 is 12.0 Å². The van der Waals surface area contributed by atoms with Crippen LogP contribution in [0, 0.1) is 6.92 Å². The monoisotopic (exact) mass is 305 g/mol. The minimum absolute atomic E-state index is 0.104. The number of rotatable bonds is 5. The maximum Gasteiger partial charge on any atom is 0.338 e. The molecule has 1 aromatic carbocycles. The summed E-state index contributed by atoms with van der Waals surface area (Å²) < 4.78 is 0. The Bertz CT molecular complexity index is 641. The minimum Gasteiger partial charge on any atom is -0.478 e. The molecule has 0 aliphatic carbocycles. The molecule has 110 valence electrons. The maximum atomic E-state index is 11.8. The molecule has 2 aromatic rings. The summed E-state index contributed by atoms with van der Waals surface area (Å²) in [6.45, 7) is 2.13. The lowest BCUT2D eigenvalue weighted by atomic mass is 10.1. The van der Waals surface area contributed by atoms with E-state index in [0.29, 0.717) is 18.5 Å². The van der Waals surface area contributed by atoms with Gasteiger partial charge in [0, 0.05) is 24.5 Å². The number of carboxylic acid groups (broad SMARTS) is 1. The SMILES string of the molecule is Cc1cccc(NC(=O)NCCc2nccs2)c1C(=O)O. The van der Waals surface area contributed by atoms with Gasteiger partial charge in [-0.2, -0.15) is 0 Å². The third-order valence-corrected chi connectivity index (χ3v) is 3.68. The van der Waals surface area contributed by atoms with E-state index in [1.165, 1.54) is 11.3 Å². The normalized spacial score (nSPS) is 10.1. The Hall–Kier alpha value is -2.41. The zero-order valence-electron chi connectivity index (χ0n) is 11.4. The number of thiazole rings is 1. The largest absolute Gasteiger partial charge is 0.478 e. The molecular formula is C14H15N3O3S. The molecule has 0 aliphatic rings. The van der Waals surface area contributed by atoms with Gasteiger partial charge in [0.25, 0.3) is 0 Å². The molecule has 0 bridgehead atoms. The fourth-order valence-corrected chi connectivity index (χ4v) is 2.50. The number of urea groups is 1. The van der Waals surface area contributed by atoms with Crippen molar-refractivity contribution in [3.63, 3.8) is 0 Å². The molecule has 0 spiro atoms. The third kappa shape index (κ3) is 4.03. The Morgan fingerprint density at radius 3 is 2.86 bits per heavy atom.